The van der Waals surface area contributed by atoms with E-state index in [9.17, 15) is 20.4 Å². The first-order valence-corrected chi connectivity index (χ1v) is 7.26. The summed E-state index contributed by atoms with van der Waals surface area (Å²) in [5.74, 6) is 0.838. The molecule has 1 unspecified atom stereocenters. The van der Waals surface area contributed by atoms with Crippen LogP contribution in [-0.4, -0.2) is 69.8 Å². The number of nitrogens with zero attached hydrogens (tertiary/aromatic N) is 4. The zero-order valence-electron chi connectivity index (χ0n) is 13.1. The SMILES string of the molecule is CN=C1Nc2c(n(C)c[n+]2[C@@H]2O[C@H](CO)[C@@H](O)[C@H]2O)C([O-])N1C. The fourth-order valence-corrected chi connectivity index (χ4v) is 3.03. The second kappa shape index (κ2) is 5.73. The van der Waals surface area contributed by atoms with Crippen LogP contribution in [0.5, 0.6) is 0 Å². The quantitative estimate of drug-likeness (QED) is 0.417. The average molecular weight is 327 g/mol. The lowest BCUT2D eigenvalue weighted by atomic mass is 10.1. The van der Waals surface area contributed by atoms with Crippen LogP contribution in [0.2, 0.25) is 0 Å². The van der Waals surface area contributed by atoms with Crippen LogP contribution in [0.1, 0.15) is 18.1 Å². The number of aliphatic hydroxyl groups is 3. The van der Waals surface area contributed by atoms with Crippen molar-refractivity contribution in [2.24, 2.45) is 12.0 Å². The highest BCUT2D eigenvalue weighted by atomic mass is 16.6. The molecule has 0 radical (unpaired) electrons. The molecule has 5 atom stereocenters. The van der Waals surface area contributed by atoms with Crippen LogP contribution >= 0.6 is 0 Å². The van der Waals surface area contributed by atoms with Gasteiger partial charge in [0.1, 0.15) is 18.3 Å². The Morgan fingerprint density at radius 2 is 2.09 bits per heavy atom. The highest BCUT2D eigenvalue weighted by molar-refractivity contribution is 5.94. The minimum Gasteiger partial charge on any atom is -0.830 e. The predicted molar refractivity (Wildman–Crippen MR) is 76.1 cm³/mol. The lowest BCUT2D eigenvalue weighted by Gasteiger charge is -2.36. The number of fused-ring (bicyclic) bond motifs is 1. The van der Waals surface area contributed by atoms with Crippen molar-refractivity contribution in [2.75, 3.05) is 26.0 Å². The van der Waals surface area contributed by atoms with Crippen LogP contribution in [0.25, 0.3) is 0 Å². The Kier molecular flexibility index (Phi) is 4.02. The molecule has 1 saturated heterocycles. The summed E-state index contributed by atoms with van der Waals surface area (Å²) in [6.45, 7) is -0.410. The molecule has 1 aromatic heterocycles. The number of aryl methyl sites for hydroxylation is 1. The van der Waals surface area contributed by atoms with E-state index in [4.69, 9.17) is 4.74 Å². The molecule has 10 heteroatoms. The molecule has 10 nitrogen and oxygen atoms in total. The van der Waals surface area contributed by atoms with Gasteiger partial charge in [-0.25, -0.2) is 14.9 Å². The summed E-state index contributed by atoms with van der Waals surface area (Å²) in [6.07, 6.45) is -3.80. The summed E-state index contributed by atoms with van der Waals surface area (Å²) in [5.41, 5.74) is 0.456. The third-order valence-corrected chi connectivity index (χ3v) is 4.33. The van der Waals surface area contributed by atoms with E-state index in [0.29, 0.717) is 17.5 Å². The first-order valence-electron chi connectivity index (χ1n) is 7.26. The third-order valence-electron chi connectivity index (χ3n) is 4.33. The van der Waals surface area contributed by atoms with Gasteiger partial charge >= 0.3 is 0 Å². The van der Waals surface area contributed by atoms with E-state index < -0.39 is 37.4 Å². The Hall–Kier alpha value is -1.72. The Morgan fingerprint density at radius 3 is 2.65 bits per heavy atom. The van der Waals surface area contributed by atoms with Crippen molar-refractivity contribution in [1.82, 2.24) is 9.47 Å². The van der Waals surface area contributed by atoms with E-state index >= 15 is 0 Å². The van der Waals surface area contributed by atoms with Gasteiger partial charge in [-0.15, -0.1) is 0 Å². The van der Waals surface area contributed by atoms with Gasteiger partial charge in [-0.3, -0.25) is 4.57 Å². The summed E-state index contributed by atoms with van der Waals surface area (Å²) < 4.78 is 8.72. The van der Waals surface area contributed by atoms with Crippen LogP contribution in [0.4, 0.5) is 5.82 Å². The molecule has 0 saturated carbocycles. The number of imidazole rings is 1. The number of anilines is 1. The summed E-state index contributed by atoms with van der Waals surface area (Å²) in [5, 5.41) is 44.9. The molecule has 23 heavy (non-hydrogen) atoms. The maximum absolute atomic E-state index is 12.6. The number of hydrogen-bond donors (Lipinski definition) is 4. The fraction of sp³-hybridized carbons (Fsp3) is 0.692. The maximum atomic E-state index is 12.6. The molecule has 0 aliphatic carbocycles. The van der Waals surface area contributed by atoms with Crippen molar-refractivity contribution in [1.29, 1.82) is 0 Å². The van der Waals surface area contributed by atoms with Crippen LogP contribution in [0, 0.1) is 0 Å². The van der Waals surface area contributed by atoms with Crippen molar-refractivity contribution in [3.63, 3.8) is 0 Å². The fourth-order valence-electron chi connectivity index (χ4n) is 3.03. The Bertz CT molecular complexity index is 633. The molecule has 0 aromatic carbocycles. The number of aliphatic imine (C=N–C) groups is 1. The van der Waals surface area contributed by atoms with Gasteiger partial charge in [-0.1, -0.05) is 0 Å². The van der Waals surface area contributed by atoms with Crippen molar-refractivity contribution in [3.05, 3.63) is 12.0 Å². The van der Waals surface area contributed by atoms with Crippen LogP contribution in [0.15, 0.2) is 11.3 Å². The van der Waals surface area contributed by atoms with Gasteiger partial charge in [-0.05, 0) is 0 Å². The van der Waals surface area contributed by atoms with Crippen molar-refractivity contribution in [3.8, 4) is 0 Å². The molecule has 1 fully saturated rings. The van der Waals surface area contributed by atoms with Crippen LogP contribution in [0.3, 0.4) is 0 Å². The minimum atomic E-state index is -1.22. The maximum Gasteiger partial charge on any atom is 0.266 e. The van der Waals surface area contributed by atoms with Gasteiger partial charge in [-0.2, -0.15) is 0 Å². The Labute approximate surface area is 132 Å². The largest absolute Gasteiger partial charge is 0.830 e. The predicted octanol–water partition coefficient (Wildman–Crippen LogP) is -3.37. The van der Waals surface area contributed by atoms with Crippen LogP contribution < -0.4 is 15.0 Å². The second-order valence-electron chi connectivity index (χ2n) is 5.73. The van der Waals surface area contributed by atoms with Crippen molar-refractivity contribution < 1.29 is 29.7 Å². The highest BCUT2D eigenvalue weighted by Gasteiger charge is 2.47. The molecule has 0 bridgehead atoms. The normalized spacial score (nSPS) is 35.5. The molecule has 4 N–H and O–H groups in total. The number of hydrogen-bond acceptors (Lipinski definition) is 6. The standard InChI is InChI=1S/C13H21N5O5/c1-14-13-15-10-7(11(22)17(13)3)16(2)5-18(10)12-9(21)8(20)6(4-19)23-12/h5-6,8-9,11-12,19-21H,4H2,1-3H3,(H,14,15)/t6-,8-,9-,11?,12-/m1/s1. The minimum absolute atomic E-state index is 0.393. The second-order valence-corrected chi connectivity index (χ2v) is 5.73. The first kappa shape index (κ1) is 16.1. The molecule has 2 aliphatic rings. The summed E-state index contributed by atoms with van der Waals surface area (Å²) >= 11 is 0. The van der Waals surface area contributed by atoms with Crippen molar-refractivity contribution in [2.45, 2.75) is 30.8 Å². The molecule has 0 amide bonds. The zero-order valence-corrected chi connectivity index (χ0v) is 13.1. The van der Waals surface area contributed by atoms with Crippen LogP contribution in [-0.2, 0) is 11.8 Å². The van der Waals surface area contributed by atoms with E-state index in [1.54, 1.807) is 36.6 Å². The summed E-state index contributed by atoms with van der Waals surface area (Å²) in [6, 6.07) is 0. The van der Waals surface area contributed by atoms with E-state index in [2.05, 4.69) is 10.3 Å². The topological polar surface area (TPSA) is 129 Å². The monoisotopic (exact) mass is 327 g/mol. The molecule has 3 rings (SSSR count). The Morgan fingerprint density at radius 1 is 1.39 bits per heavy atom. The summed E-state index contributed by atoms with van der Waals surface area (Å²) in [7, 11) is 4.92. The molecular weight excluding hydrogens is 306 g/mol. The molecule has 0 spiro atoms. The molecule has 128 valence electrons. The van der Waals surface area contributed by atoms with E-state index in [1.807, 2.05) is 0 Å². The van der Waals surface area contributed by atoms with E-state index in [0.717, 1.165) is 0 Å². The first-order chi connectivity index (χ1) is 10.9. The van der Waals surface area contributed by atoms with Gasteiger partial charge in [0.05, 0.1) is 13.7 Å². The molecule has 2 aliphatic heterocycles. The smallest absolute Gasteiger partial charge is 0.266 e. The van der Waals surface area contributed by atoms with E-state index in [1.165, 1.54) is 4.90 Å². The lowest BCUT2D eigenvalue weighted by Crippen LogP contribution is -2.52. The Balaban J connectivity index is 2.04. The molecular formula is C13H21N5O5. The number of ether oxygens (including phenoxy) is 1. The lowest BCUT2D eigenvalue weighted by molar-refractivity contribution is -0.753. The van der Waals surface area contributed by atoms with Gasteiger partial charge in [0.15, 0.2) is 12.0 Å². The van der Waals surface area contributed by atoms with Crippen molar-refractivity contribution >= 4 is 11.8 Å². The van der Waals surface area contributed by atoms with Gasteiger partial charge in [0.25, 0.3) is 11.8 Å². The molecule has 3 heterocycles. The average Bonchev–Trinajstić information content (AvgIpc) is 3.01. The summed E-state index contributed by atoms with van der Waals surface area (Å²) in [4.78, 5) is 5.50. The highest BCUT2D eigenvalue weighted by Crippen LogP contribution is 2.31. The number of guanidine groups is 1. The number of aromatic nitrogens is 2. The van der Waals surface area contributed by atoms with Gasteiger partial charge < -0.3 is 30.1 Å². The van der Waals surface area contributed by atoms with Gasteiger partial charge in [0.2, 0.25) is 6.23 Å². The van der Waals surface area contributed by atoms with E-state index in [-0.39, 0.29) is 0 Å². The number of rotatable bonds is 2. The third kappa shape index (κ3) is 2.30. The van der Waals surface area contributed by atoms with Gasteiger partial charge in [0, 0.05) is 20.3 Å². The zero-order chi connectivity index (χ0) is 16.9. The number of nitrogens with one attached hydrogen (secondary N) is 1. The molecule has 1 aromatic rings. The number of aliphatic hydroxyl groups excluding tert-OH is 3.